The molecule has 0 radical (unpaired) electrons. The van der Waals surface area contributed by atoms with Crippen molar-refractivity contribution in [1.82, 2.24) is 9.71 Å². The molecule has 0 atom stereocenters. The van der Waals surface area contributed by atoms with Crippen molar-refractivity contribution in [3.05, 3.63) is 59.7 Å². The fourth-order valence-corrected chi connectivity index (χ4v) is 1.85. The van der Waals surface area contributed by atoms with Crippen LogP contribution >= 0.6 is 0 Å². The van der Waals surface area contributed by atoms with E-state index in [1.165, 1.54) is 11.1 Å². The molecular weight excluding hydrogens is 212 g/mol. The first-order valence-electron chi connectivity index (χ1n) is 5.66. The van der Waals surface area contributed by atoms with Crippen LogP contribution in [0, 0.1) is 13.8 Å². The van der Waals surface area contributed by atoms with Gasteiger partial charge in [0.2, 0.25) is 0 Å². The predicted molar refractivity (Wildman–Crippen MR) is 66.8 cm³/mol. The van der Waals surface area contributed by atoms with E-state index < -0.39 is 0 Å². The highest BCUT2D eigenvalue weighted by Crippen LogP contribution is 2.19. The molecule has 0 aliphatic rings. The Morgan fingerprint density at radius 1 is 0.765 bits per heavy atom. The highest BCUT2D eigenvalue weighted by molar-refractivity contribution is 5.37. The smallest absolute Gasteiger partial charge is 0.106 e. The summed E-state index contributed by atoms with van der Waals surface area (Å²) in [7, 11) is 0. The Hall–Kier alpha value is -2.16. The quantitative estimate of drug-likeness (QED) is 0.656. The fraction of sp³-hybridized carbons (Fsp3) is 0.143. The van der Waals surface area contributed by atoms with Crippen LogP contribution in [0.3, 0.4) is 0 Å². The van der Waals surface area contributed by atoms with Gasteiger partial charge in [0, 0.05) is 0 Å². The summed E-state index contributed by atoms with van der Waals surface area (Å²) < 4.78 is 5.47. The Labute approximate surface area is 99.8 Å². The van der Waals surface area contributed by atoms with Gasteiger partial charge in [-0.05, 0) is 49.2 Å². The predicted octanol–water partition coefficient (Wildman–Crippen LogP) is 3.48. The van der Waals surface area contributed by atoms with Gasteiger partial charge in [-0.15, -0.1) is 0 Å². The first-order chi connectivity index (χ1) is 8.24. The highest BCUT2D eigenvalue weighted by atomic mass is 16.8. The average Bonchev–Trinajstić information content (AvgIpc) is 3.09. The molecule has 0 spiro atoms. The molecule has 0 aliphatic carbocycles. The maximum atomic E-state index is 5.47. The van der Waals surface area contributed by atoms with E-state index in [0.29, 0.717) is 0 Å². The van der Waals surface area contributed by atoms with Crippen LogP contribution < -0.4 is 0 Å². The van der Waals surface area contributed by atoms with Gasteiger partial charge in [-0.3, -0.25) is 0 Å². The first kappa shape index (κ1) is 10.0. The molecule has 1 heterocycles. The second-order valence-corrected chi connectivity index (χ2v) is 4.31. The lowest BCUT2D eigenvalue weighted by Crippen LogP contribution is -1.92. The van der Waals surface area contributed by atoms with Crippen LogP contribution in [0.15, 0.2) is 53.2 Å². The van der Waals surface area contributed by atoms with Gasteiger partial charge in [-0.1, -0.05) is 34.0 Å². The summed E-state index contributed by atoms with van der Waals surface area (Å²) in [5.41, 5.74) is 4.54. The Morgan fingerprint density at radius 3 is 1.65 bits per heavy atom. The van der Waals surface area contributed by atoms with Crippen molar-refractivity contribution in [2.75, 3.05) is 0 Å². The standard InChI is InChI=1S/C14H14N2O/c1-11-5-3-7-13(9-11)15-16(17-15)14-8-4-6-12(2)10-14/h3-10H,1-2H3. The van der Waals surface area contributed by atoms with E-state index in [2.05, 4.69) is 38.1 Å². The van der Waals surface area contributed by atoms with Gasteiger partial charge < -0.3 is 0 Å². The van der Waals surface area contributed by atoms with Crippen molar-refractivity contribution in [1.29, 1.82) is 0 Å². The summed E-state index contributed by atoms with van der Waals surface area (Å²) in [4.78, 5) is 3.56. The lowest BCUT2D eigenvalue weighted by atomic mass is 10.2. The van der Waals surface area contributed by atoms with Gasteiger partial charge in [0.15, 0.2) is 0 Å². The molecular formula is C14H14N2O. The number of benzene rings is 2. The zero-order chi connectivity index (χ0) is 11.8. The van der Waals surface area contributed by atoms with Crippen LogP contribution in [-0.4, -0.2) is 9.71 Å². The minimum atomic E-state index is 1.05. The Balaban J connectivity index is 1.96. The molecule has 3 heteroatoms. The second-order valence-electron chi connectivity index (χ2n) is 4.31. The van der Waals surface area contributed by atoms with Crippen molar-refractivity contribution in [3.8, 4) is 11.4 Å². The molecule has 17 heavy (non-hydrogen) atoms. The van der Waals surface area contributed by atoms with Gasteiger partial charge in [-0.25, -0.2) is 4.63 Å². The van der Waals surface area contributed by atoms with Crippen LogP contribution in [0.4, 0.5) is 0 Å². The molecule has 1 aromatic heterocycles. The van der Waals surface area contributed by atoms with E-state index in [0.717, 1.165) is 11.4 Å². The van der Waals surface area contributed by atoms with E-state index in [4.69, 9.17) is 4.63 Å². The lowest BCUT2D eigenvalue weighted by Gasteiger charge is -1.95. The molecule has 0 bridgehead atoms. The molecule has 0 amide bonds. The molecule has 0 saturated carbocycles. The van der Waals surface area contributed by atoms with Gasteiger partial charge in [0.25, 0.3) is 0 Å². The van der Waals surface area contributed by atoms with Crippen molar-refractivity contribution in [2.24, 2.45) is 0 Å². The largest absolute Gasteiger partial charge is 0.244 e. The van der Waals surface area contributed by atoms with Crippen LogP contribution in [0.2, 0.25) is 0 Å². The van der Waals surface area contributed by atoms with Crippen molar-refractivity contribution in [2.45, 2.75) is 13.8 Å². The number of hydrogen-bond acceptors (Lipinski definition) is 1. The maximum Gasteiger partial charge on any atom is 0.106 e. The Kier molecular flexibility index (Phi) is 2.18. The molecule has 0 N–H and O–H groups in total. The third kappa shape index (κ3) is 1.91. The number of rotatable bonds is 2. The summed E-state index contributed by atoms with van der Waals surface area (Å²) in [6, 6.07) is 16.5. The molecule has 3 rings (SSSR count). The Bertz CT molecular complexity index is 588. The molecule has 2 aromatic carbocycles. The van der Waals surface area contributed by atoms with Crippen molar-refractivity contribution >= 4 is 0 Å². The van der Waals surface area contributed by atoms with E-state index in [1.807, 2.05) is 24.3 Å². The molecule has 0 saturated heterocycles. The highest BCUT2D eigenvalue weighted by Gasteiger charge is 2.15. The van der Waals surface area contributed by atoms with Crippen LogP contribution in [0.1, 0.15) is 11.1 Å². The van der Waals surface area contributed by atoms with Gasteiger partial charge >= 0.3 is 0 Å². The van der Waals surface area contributed by atoms with Gasteiger partial charge in [0.05, 0.1) is 0 Å². The van der Waals surface area contributed by atoms with Crippen molar-refractivity contribution in [3.63, 3.8) is 0 Å². The van der Waals surface area contributed by atoms with Crippen LogP contribution in [0.5, 0.6) is 0 Å². The van der Waals surface area contributed by atoms with Crippen LogP contribution in [0.25, 0.3) is 11.4 Å². The summed E-state index contributed by atoms with van der Waals surface area (Å²) >= 11 is 0. The van der Waals surface area contributed by atoms with E-state index in [9.17, 15) is 0 Å². The minimum Gasteiger partial charge on any atom is -0.244 e. The summed E-state index contributed by atoms with van der Waals surface area (Å²) in [5.74, 6) is 0. The Morgan fingerprint density at radius 2 is 1.24 bits per heavy atom. The summed E-state index contributed by atoms with van der Waals surface area (Å²) in [5, 5.41) is 0. The molecule has 0 unspecified atom stereocenters. The molecule has 3 aromatic rings. The maximum absolute atomic E-state index is 5.47. The summed E-state index contributed by atoms with van der Waals surface area (Å²) in [6.07, 6.45) is 0. The van der Waals surface area contributed by atoms with Crippen LogP contribution in [-0.2, 0) is 0 Å². The number of aryl methyl sites for hydroxylation is 2. The van der Waals surface area contributed by atoms with Crippen molar-refractivity contribution < 1.29 is 4.63 Å². The van der Waals surface area contributed by atoms with E-state index >= 15 is 0 Å². The molecule has 3 nitrogen and oxygen atoms in total. The van der Waals surface area contributed by atoms with E-state index in [-0.39, 0.29) is 0 Å². The third-order valence-electron chi connectivity index (χ3n) is 2.74. The fourth-order valence-electron chi connectivity index (χ4n) is 1.85. The normalized spacial score (nSPS) is 10.9. The zero-order valence-electron chi connectivity index (χ0n) is 9.92. The van der Waals surface area contributed by atoms with E-state index in [1.54, 1.807) is 9.71 Å². The summed E-state index contributed by atoms with van der Waals surface area (Å²) in [6.45, 7) is 4.15. The minimum absolute atomic E-state index is 1.05. The number of aromatic nitrogens is 2. The topological polar surface area (TPSA) is 23.0 Å². The molecule has 0 aliphatic heterocycles. The van der Waals surface area contributed by atoms with Gasteiger partial charge in [0.1, 0.15) is 11.4 Å². The average molecular weight is 226 g/mol. The first-order valence-corrected chi connectivity index (χ1v) is 5.66. The number of hydrogen-bond donors (Lipinski definition) is 0. The molecule has 0 fully saturated rings. The monoisotopic (exact) mass is 226 g/mol. The second kappa shape index (κ2) is 3.70. The number of nitrogens with zero attached hydrogens (tertiary/aromatic N) is 2. The lowest BCUT2D eigenvalue weighted by molar-refractivity contribution is 0.474. The molecule has 86 valence electrons. The van der Waals surface area contributed by atoms with Gasteiger partial charge in [-0.2, -0.15) is 0 Å². The SMILES string of the molecule is Cc1cccc(-n2on2-c2cccc(C)c2)c1. The zero-order valence-corrected chi connectivity index (χ0v) is 9.92. The third-order valence-corrected chi connectivity index (χ3v) is 2.74.